The Bertz CT molecular complexity index is 17.1. The molecule has 34 valence electrons. The first-order valence-corrected chi connectivity index (χ1v) is 0.690. The molecular formula is H2ClNO2Ru. The molecule has 0 amide bonds. The predicted molar refractivity (Wildman–Crippen MR) is 15.3 cm³/mol. The van der Waals surface area contributed by atoms with E-state index < -0.39 is 0 Å². The van der Waals surface area contributed by atoms with Crippen molar-refractivity contribution in [1.82, 2.24) is 0 Å². The normalized spacial score (nSPS) is 2.60. The molecule has 0 aromatic heterocycles. The van der Waals surface area contributed by atoms with Gasteiger partial charge in [0.15, 0.2) is 0 Å². The Morgan fingerprint density at radius 1 is 1.60 bits per heavy atom. The molecule has 5 heteroatoms. The van der Waals surface area contributed by atoms with E-state index >= 15 is 0 Å². The third-order valence-electron chi connectivity index (χ3n) is 0. The number of hydrogen-bond acceptors (Lipinski definition) is 2. The van der Waals surface area contributed by atoms with Crippen LogP contribution >= 0.6 is 11.8 Å². The molecule has 0 heterocycles. The summed E-state index contributed by atoms with van der Waals surface area (Å²) >= 11 is 4.07. The number of rotatable bonds is 0. The van der Waals surface area contributed by atoms with E-state index in [0.717, 1.165) is 0 Å². The minimum absolute atomic E-state index is 0. The molecular weight excluding hydrogens is 183 g/mol. The van der Waals surface area contributed by atoms with Gasteiger partial charge in [0.1, 0.15) is 0 Å². The van der Waals surface area contributed by atoms with Crippen molar-refractivity contribution in [3.63, 3.8) is 0 Å². The van der Waals surface area contributed by atoms with E-state index in [1.807, 2.05) is 0 Å². The number of hydrogen-bond donors (Lipinski definition) is 0. The molecule has 0 aliphatic carbocycles. The van der Waals surface area contributed by atoms with E-state index in [1.54, 1.807) is 4.70 Å². The van der Waals surface area contributed by atoms with Crippen LogP contribution in [0.5, 0.6) is 0 Å². The van der Waals surface area contributed by atoms with Gasteiger partial charge in [0.05, 0.1) is 11.8 Å². The second kappa shape index (κ2) is 24.9. The zero-order chi connectivity index (χ0) is 2.71. The fourth-order valence-electron chi connectivity index (χ4n) is 0. The molecule has 0 saturated heterocycles. The zero-order valence-electron chi connectivity index (χ0n) is 2.09. The summed E-state index contributed by atoms with van der Waals surface area (Å²) in [5, 5.41) is 0. The Balaban J connectivity index is -0.0000000200. The molecule has 0 bridgehead atoms. The van der Waals surface area contributed by atoms with Gasteiger partial charge in [-0.2, -0.15) is 0 Å². The van der Waals surface area contributed by atoms with Crippen molar-refractivity contribution in [2.45, 2.75) is 0 Å². The van der Waals surface area contributed by atoms with Crippen LogP contribution in [0.1, 0.15) is 0 Å². The number of nitroso groups, excluding NO2 is 1. The SMILES string of the molecule is O.O=NCl.[Ru]. The van der Waals surface area contributed by atoms with E-state index in [-0.39, 0.29) is 25.0 Å². The van der Waals surface area contributed by atoms with Crippen molar-refractivity contribution in [1.29, 1.82) is 0 Å². The van der Waals surface area contributed by atoms with Gasteiger partial charge in [0.2, 0.25) is 0 Å². The summed E-state index contributed by atoms with van der Waals surface area (Å²) in [6.45, 7) is 0. The van der Waals surface area contributed by atoms with Crippen LogP contribution in [0.25, 0.3) is 0 Å². The minimum Gasteiger partial charge on any atom is -0.412 e. The summed E-state index contributed by atoms with van der Waals surface area (Å²) in [6.07, 6.45) is 0. The fourth-order valence-corrected chi connectivity index (χ4v) is 0. The van der Waals surface area contributed by atoms with Gasteiger partial charge in [-0.25, -0.2) is 0 Å². The monoisotopic (exact) mass is 185 g/mol. The first kappa shape index (κ1) is 17.9. The van der Waals surface area contributed by atoms with E-state index in [2.05, 4.69) is 11.8 Å². The van der Waals surface area contributed by atoms with Crippen LogP contribution in [0.2, 0.25) is 0 Å². The predicted octanol–water partition coefficient (Wildman–Crippen LogP) is 0.0794. The third kappa shape index (κ3) is 122. The average molecular weight is 185 g/mol. The van der Waals surface area contributed by atoms with Gasteiger partial charge in [-0.3, -0.25) is 0 Å². The van der Waals surface area contributed by atoms with Crippen molar-refractivity contribution in [2.24, 2.45) is 4.70 Å². The van der Waals surface area contributed by atoms with Crippen molar-refractivity contribution in [3.05, 3.63) is 4.91 Å². The van der Waals surface area contributed by atoms with Crippen molar-refractivity contribution < 1.29 is 25.0 Å². The molecule has 0 fully saturated rings. The minimum atomic E-state index is 0. The van der Waals surface area contributed by atoms with Crippen molar-refractivity contribution in [3.8, 4) is 0 Å². The summed E-state index contributed by atoms with van der Waals surface area (Å²) in [5.74, 6) is 0. The van der Waals surface area contributed by atoms with Crippen LogP contribution in [-0.2, 0) is 19.5 Å². The van der Waals surface area contributed by atoms with Crippen molar-refractivity contribution >= 4 is 11.8 Å². The van der Waals surface area contributed by atoms with Gasteiger partial charge >= 0.3 is 0 Å². The van der Waals surface area contributed by atoms with E-state index in [1.165, 1.54) is 0 Å². The molecule has 0 atom stereocenters. The van der Waals surface area contributed by atoms with Crippen molar-refractivity contribution in [2.75, 3.05) is 0 Å². The van der Waals surface area contributed by atoms with E-state index in [9.17, 15) is 0 Å². The summed E-state index contributed by atoms with van der Waals surface area (Å²) in [6, 6.07) is 0. The van der Waals surface area contributed by atoms with Crippen LogP contribution < -0.4 is 0 Å². The first-order chi connectivity index (χ1) is 1.41. The first-order valence-electron chi connectivity index (χ1n) is 0.352. The summed E-state index contributed by atoms with van der Waals surface area (Å²) in [5.41, 5.74) is 0. The Labute approximate surface area is 46.8 Å². The molecule has 0 aliphatic rings. The second-order valence-electron chi connectivity index (χ2n) is 0.0690. The Morgan fingerprint density at radius 2 is 1.60 bits per heavy atom. The standard InChI is InChI=1S/ClNO.H2O.Ru/c1-2-3;;/h;1H2;. The zero-order valence-corrected chi connectivity index (χ0v) is 4.58. The topological polar surface area (TPSA) is 60.9 Å². The van der Waals surface area contributed by atoms with Crippen LogP contribution in [-0.4, -0.2) is 5.48 Å². The van der Waals surface area contributed by atoms with Crippen LogP contribution in [0.3, 0.4) is 0 Å². The van der Waals surface area contributed by atoms with Crippen LogP contribution in [0, 0.1) is 4.91 Å². The maximum Gasteiger partial charge on any atom is 0.0835 e. The van der Waals surface area contributed by atoms with Crippen LogP contribution in [0.4, 0.5) is 0 Å². The van der Waals surface area contributed by atoms with Gasteiger partial charge in [0.25, 0.3) is 0 Å². The van der Waals surface area contributed by atoms with Gasteiger partial charge < -0.3 is 5.48 Å². The molecule has 0 aromatic rings. The van der Waals surface area contributed by atoms with Crippen LogP contribution in [0.15, 0.2) is 4.70 Å². The molecule has 0 aliphatic heterocycles. The van der Waals surface area contributed by atoms with E-state index in [4.69, 9.17) is 4.91 Å². The summed E-state index contributed by atoms with van der Waals surface area (Å²) in [7, 11) is 0. The largest absolute Gasteiger partial charge is 0.412 e. The molecule has 0 saturated carbocycles. The maximum absolute atomic E-state index is 8.32. The maximum atomic E-state index is 8.32. The molecule has 3 nitrogen and oxygen atoms in total. The van der Waals surface area contributed by atoms with Gasteiger partial charge in [0, 0.05) is 24.2 Å². The molecule has 0 rings (SSSR count). The van der Waals surface area contributed by atoms with Gasteiger partial charge in [-0.05, 0) is 0 Å². The number of halogens is 1. The van der Waals surface area contributed by atoms with E-state index in [0.29, 0.717) is 0 Å². The Kier molecular flexibility index (Phi) is 89.0. The number of nitrogens with zero attached hydrogens (tertiary/aromatic N) is 1. The average Bonchev–Trinajstić information content (AvgIpc) is 0.918. The van der Waals surface area contributed by atoms with Gasteiger partial charge in [-0.15, -0.1) is 4.91 Å². The second-order valence-corrected chi connectivity index (χ2v) is 0.207. The molecule has 0 unspecified atom stereocenters. The molecule has 0 spiro atoms. The Hall–Kier alpha value is 0.473. The molecule has 0 aromatic carbocycles. The summed E-state index contributed by atoms with van der Waals surface area (Å²) in [4.78, 5) is 8.32. The smallest absolute Gasteiger partial charge is 0.0835 e. The summed E-state index contributed by atoms with van der Waals surface area (Å²) < 4.78 is 1.72. The Morgan fingerprint density at radius 3 is 1.60 bits per heavy atom. The van der Waals surface area contributed by atoms with Gasteiger partial charge in [-0.1, -0.05) is 0 Å². The fraction of sp³-hybridized carbons (Fsp3) is 0. The molecule has 2 N–H and O–H groups in total. The molecule has 5 heavy (non-hydrogen) atoms. The molecule has 0 radical (unpaired) electrons. The third-order valence-corrected chi connectivity index (χ3v) is 0. The quantitative estimate of drug-likeness (QED) is 0.389.